The summed E-state index contributed by atoms with van der Waals surface area (Å²) < 4.78 is 20.2. The third-order valence-electron chi connectivity index (χ3n) is 5.03. The zero-order valence-corrected chi connectivity index (χ0v) is 16.5. The molecule has 0 bridgehead atoms. The lowest BCUT2D eigenvalue weighted by Gasteiger charge is -2.20. The van der Waals surface area contributed by atoms with E-state index in [4.69, 9.17) is 4.74 Å². The fourth-order valence-electron chi connectivity index (χ4n) is 3.30. The van der Waals surface area contributed by atoms with E-state index in [0.29, 0.717) is 29.6 Å². The number of hydrogen-bond acceptors (Lipinski definition) is 4. The molecule has 2 aromatic rings. The number of amides is 1. The highest BCUT2D eigenvalue weighted by molar-refractivity contribution is 6.04. The molecule has 2 aromatic carbocycles. The third-order valence-corrected chi connectivity index (χ3v) is 5.03. The van der Waals surface area contributed by atoms with E-state index >= 15 is 0 Å². The Kier molecular flexibility index (Phi) is 6.87. The molecular formula is C22H28FN3O2. The third kappa shape index (κ3) is 5.01. The lowest BCUT2D eigenvalue weighted by Crippen LogP contribution is -2.29. The Morgan fingerprint density at radius 2 is 2.04 bits per heavy atom. The number of rotatable bonds is 8. The van der Waals surface area contributed by atoms with Gasteiger partial charge in [0.05, 0.1) is 12.3 Å². The van der Waals surface area contributed by atoms with Crippen LogP contribution >= 0.6 is 0 Å². The van der Waals surface area contributed by atoms with Gasteiger partial charge in [-0.1, -0.05) is 13.3 Å². The number of anilines is 2. The summed E-state index contributed by atoms with van der Waals surface area (Å²) in [5.74, 6) is 0.142. The molecule has 1 aliphatic rings. The van der Waals surface area contributed by atoms with Gasteiger partial charge in [-0.05, 0) is 62.4 Å². The maximum absolute atomic E-state index is 14.6. The van der Waals surface area contributed by atoms with Crippen molar-refractivity contribution in [3.05, 3.63) is 53.8 Å². The van der Waals surface area contributed by atoms with Crippen molar-refractivity contribution in [2.24, 2.45) is 0 Å². The average Bonchev–Trinajstić information content (AvgIpc) is 3.18. The molecule has 1 amide bonds. The molecule has 6 heteroatoms. The number of carbonyl (C=O) groups is 1. The highest BCUT2D eigenvalue weighted by Crippen LogP contribution is 2.26. The van der Waals surface area contributed by atoms with Crippen LogP contribution in [0.4, 0.5) is 15.8 Å². The highest BCUT2D eigenvalue weighted by Gasteiger charge is 2.23. The summed E-state index contributed by atoms with van der Waals surface area (Å²) in [4.78, 5) is 14.5. The van der Waals surface area contributed by atoms with Crippen LogP contribution in [0.5, 0.6) is 5.75 Å². The van der Waals surface area contributed by atoms with Gasteiger partial charge in [0.25, 0.3) is 5.91 Å². The number of likely N-dealkylation sites (N-methyl/N-ethyl adjacent to an activating group) is 1. The molecule has 0 aliphatic carbocycles. The monoisotopic (exact) mass is 385 g/mol. The summed E-state index contributed by atoms with van der Waals surface area (Å²) in [6.45, 7) is 4.38. The molecule has 3 rings (SSSR count). The zero-order valence-electron chi connectivity index (χ0n) is 16.5. The lowest BCUT2D eigenvalue weighted by atomic mass is 10.2. The summed E-state index contributed by atoms with van der Waals surface area (Å²) in [5.41, 5.74) is 1.52. The molecule has 1 heterocycles. The summed E-state index contributed by atoms with van der Waals surface area (Å²) in [6, 6.07) is 12.2. The van der Waals surface area contributed by atoms with Crippen molar-refractivity contribution in [1.82, 2.24) is 5.32 Å². The Hall–Kier alpha value is -2.60. The minimum Gasteiger partial charge on any atom is -0.494 e. The van der Waals surface area contributed by atoms with Gasteiger partial charge in [-0.15, -0.1) is 0 Å². The number of nitrogens with zero attached hydrogens (tertiary/aromatic N) is 1. The van der Waals surface area contributed by atoms with Crippen molar-refractivity contribution in [3.63, 3.8) is 0 Å². The summed E-state index contributed by atoms with van der Waals surface area (Å²) >= 11 is 0. The minimum atomic E-state index is -0.325. The van der Waals surface area contributed by atoms with Gasteiger partial charge in [-0.2, -0.15) is 0 Å². The molecule has 0 saturated carbocycles. The SMILES string of the molecule is CCCCOc1ccc(C(=O)Nc2ccc(N3CC[C@@H](NC)C3)c(F)c2)cc1. The molecule has 2 N–H and O–H groups in total. The van der Waals surface area contributed by atoms with Crippen LogP contribution in [0.3, 0.4) is 0 Å². The molecular weight excluding hydrogens is 357 g/mol. The van der Waals surface area contributed by atoms with Crippen LogP contribution in [0, 0.1) is 5.82 Å². The predicted octanol–water partition coefficient (Wildman–Crippen LogP) is 4.06. The number of hydrogen-bond donors (Lipinski definition) is 2. The zero-order chi connectivity index (χ0) is 19.9. The normalized spacial score (nSPS) is 16.2. The van der Waals surface area contributed by atoms with Gasteiger partial charge in [0.15, 0.2) is 0 Å². The van der Waals surface area contributed by atoms with Gasteiger partial charge in [0.2, 0.25) is 0 Å². The van der Waals surface area contributed by atoms with Gasteiger partial charge in [0, 0.05) is 30.4 Å². The first kappa shape index (κ1) is 20.1. The molecule has 1 saturated heterocycles. The molecule has 150 valence electrons. The van der Waals surface area contributed by atoms with Gasteiger partial charge in [0.1, 0.15) is 11.6 Å². The van der Waals surface area contributed by atoms with Crippen LogP contribution in [-0.4, -0.2) is 38.7 Å². The number of ether oxygens (including phenoxy) is 1. The highest BCUT2D eigenvalue weighted by atomic mass is 19.1. The first-order valence-corrected chi connectivity index (χ1v) is 9.86. The number of benzene rings is 2. The maximum Gasteiger partial charge on any atom is 0.255 e. The molecule has 0 spiro atoms. The standard InChI is InChI=1S/C22H28FN3O2/c1-3-4-13-28-19-8-5-16(6-9-19)22(27)25-17-7-10-21(20(23)14-17)26-12-11-18(15-26)24-2/h5-10,14,18,24H,3-4,11-13,15H2,1-2H3,(H,25,27)/t18-/m1/s1. The van der Waals surface area contributed by atoms with E-state index in [1.807, 2.05) is 11.9 Å². The largest absolute Gasteiger partial charge is 0.494 e. The predicted molar refractivity (Wildman–Crippen MR) is 111 cm³/mol. The second kappa shape index (κ2) is 9.55. The summed E-state index contributed by atoms with van der Waals surface area (Å²) in [6.07, 6.45) is 3.06. The molecule has 0 radical (unpaired) electrons. The van der Waals surface area contributed by atoms with E-state index in [2.05, 4.69) is 17.6 Å². The van der Waals surface area contributed by atoms with Crippen LogP contribution in [0.15, 0.2) is 42.5 Å². The fraction of sp³-hybridized carbons (Fsp3) is 0.409. The van der Waals surface area contributed by atoms with Crippen molar-refractivity contribution in [2.45, 2.75) is 32.2 Å². The van der Waals surface area contributed by atoms with Crippen LogP contribution < -0.4 is 20.3 Å². The number of carbonyl (C=O) groups excluding carboxylic acids is 1. The van der Waals surface area contributed by atoms with Crippen molar-refractivity contribution in [3.8, 4) is 5.75 Å². The second-order valence-electron chi connectivity index (χ2n) is 7.07. The van der Waals surface area contributed by atoms with Crippen LogP contribution in [0.25, 0.3) is 0 Å². The number of nitrogens with one attached hydrogen (secondary N) is 2. The first-order valence-electron chi connectivity index (χ1n) is 9.86. The average molecular weight is 385 g/mol. The van der Waals surface area contributed by atoms with Crippen LogP contribution in [0.2, 0.25) is 0 Å². The lowest BCUT2D eigenvalue weighted by molar-refractivity contribution is 0.102. The summed E-state index contributed by atoms with van der Waals surface area (Å²) in [5, 5.41) is 5.98. The molecule has 0 aromatic heterocycles. The molecule has 1 aliphatic heterocycles. The van der Waals surface area contributed by atoms with Crippen LogP contribution in [0.1, 0.15) is 36.5 Å². The summed E-state index contributed by atoms with van der Waals surface area (Å²) in [7, 11) is 1.92. The maximum atomic E-state index is 14.6. The second-order valence-corrected chi connectivity index (χ2v) is 7.07. The molecule has 1 atom stereocenters. The van der Waals surface area contributed by atoms with E-state index in [1.165, 1.54) is 6.07 Å². The molecule has 5 nitrogen and oxygen atoms in total. The molecule has 28 heavy (non-hydrogen) atoms. The Balaban J connectivity index is 1.60. The fourth-order valence-corrected chi connectivity index (χ4v) is 3.30. The van der Waals surface area contributed by atoms with Crippen molar-refractivity contribution < 1.29 is 13.9 Å². The topological polar surface area (TPSA) is 53.6 Å². The van der Waals surface area contributed by atoms with E-state index < -0.39 is 0 Å². The van der Waals surface area contributed by atoms with Crippen LogP contribution in [-0.2, 0) is 0 Å². The van der Waals surface area contributed by atoms with Crippen molar-refractivity contribution in [2.75, 3.05) is 37.0 Å². The van der Waals surface area contributed by atoms with Gasteiger partial charge in [-0.25, -0.2) is 4.39 Å². The van der Waals surface area contributed by atoms with E-state index in [9.17, 15) is 9.18 Å². The Labute approximate surface area is 165 Å². The molecule has 1 fully saturated rings. The van der Waals surface area contributed by atoms with E-state index in [1.54, 1.807) is 36.4 Å². The van der Waals surface area contributed by atoms with Gasteiger partial charge >= 0.3 is 0 Å². The molecule has 0 unspecified atom stereocenters. The van der Waals surface area contributed by atoms with Gasteiger partial charge in [-0.3, -0.25) is 4.79 Å². The first-order chi connectivity index (χ1) is 13.6. The van der Waals surface area contributed by atoms with E-state index in [0.717, 1.165) is 38.1 Å². The Morgan fingerprint density at radius 3 is 2.68 bits per heavy atom. The Bertz CT molecular complexity index is 795. The van der Waals surface area contributed by atoms with Crippen molar-refractivity contribution >= 4 is 17.3 Å². The smallest absolute Gasteiger partial charge is 0.255 e. The number of unbranched alkanes of at least 4 members (excludes halogenated alkanes) is 1. The van der Waals surface area contributed by atoms with E-state index in [-0.39, 0.29) is 11.7 Å². The quantitative estimate of drug-likeness (QED) is 0.673. The number of halogens is 1. The minimum absolute atomic E-state index is 0.274. The van der Waals surface area contributed by atoms with Crippen molar-refractivity contribution in [1.29, 1.82) is 0 Å². The van der Waals surface area contributed by atoms with Gasteiger partial charge < -0.3 is 20.3 Å². The Morgan fingerprint density at radius 1 is 1.25 bits per heavy atom.